The number of hydrogen-bond acceptors (Lipinski definition) is 5. The number of nitrogens with zero attached hydrogens (tertiary/aromatic N) is 5. The van der Waals surface area contributed by atoms with Gasteiger partial charge in [-0.3, -0.25) is 9.48 Å². The number of benzene rings is 1. The van der Waals surface area contributed by atoms with Crippen molar-refractivity contribution >= 4 is 23.2 Å². The molecule has 0 fully saturated rings. The maximum Gasteiger partial charge on any atom is 0.433 e. The number of amides is 1. The van der Waals surface area contributed by atoms with Gasteiger partial charge in [0.25, 0.3) is 5.91 Å². The Morgan fingerprint density at radius 1 is 1.19 bits per heavy atom. The Labute approximate surface area is 184 Å². The highest BCUT2D eigenvalue weighted by molar-refractivity contribution is 6.30. The van der Waals surface area contributed by atoms with Gasteiger partial charge in [-0.25, -0.2) is 9.50 Å². The smallest absolute Gasteiger partial charge is 0.433 e. The first-order valence-electron chi connectivity index (χ1n) is 9.33. The second-order valence-electron chi connectivity index (χ2n) is 6.72. The summed E-state index contributed by atoms with van der Waals surface area (Å²) in [7, 11) is 1.49. The number of halogens is 4. The molecule has 0 aliphatic heterocycles. The number of carbonyl (C=O) groups excluding carboxylic acids is 1. The van der Waals surface area contributed by atoms with Crippen LogP contribution in [0.4, 0.5) is 13.2 Å². The lowest BCUT2D eigenvalue weighted by molar-refractivity contribution is -0.142. The van der Waals surface area contributed by atoms with Crippen LogP contribution in [0.2, 0.25) is 5.02 Å². The highest BCUT2D eigenvalue weighted by atomic mass is 35.5. The summed E-state index contributed by atoms with van der Waals surface area (Å²) >= 11 is 5.79. The summed E-state index contributed by atoms with van der Waals surface area (Å²) in [5, 5.41) is 10.8. The van der Waals surface area contributed by atoms with Gasteiger partial charge in [0, 0.05) is 18.3 Å². The van der Waals surface area contributed by atoms with Crippen molar-refractivity contribution in [1.82, 2.24) is 29.7 Å². The maximum absolute atomic E-state index is 13.7. The molecule has 1 amide bonds. The van der Waals surface area contributed by atoms with E-state index < -0.39 is 17.8 Å². The summed E-state index contributed by atoms with van der Waals surface area (Å²) in [5.74, 6) is -0.0560. The van der Waals surface area contributed by atoms with Crippen LogP contribution in [0.3, 0.4) is 0 Å². The molecule has 1 aromatic carbocycles. The fraction of sp³-hybridized carbons (Fsp3) is 0.200. The van der Waals surface area contributed by atoms with Crippen molar-refractivity contribution in [3.05, 3.63) is 65.2 Å². The van der Waals surface area contributed by atoms with Crippen LogP contribution in [-0.2, 0) is 12.7 Å². The van der Waals surface area contributed by atoms with Crippen molar-refractivity contribution in [2.75, 3.05) is 13.7 Å². The first kappa shape index (κ1) is 21.6. The quantitative estimate of drug-likeness (QED) is 0.470. The van der Waals surface area contributed by atoms with E-state index in [9.17, 15) is 18.0 Å². The number of alkyl halides is 3. The molecule has 1 N–H and O–H groups in total. The van der Waals surface area contributed by atoms with E-state index in [0.717, 1.165) is 12.3 Å². The van der Waals surface area contributed by atoms with Gasteiger partial charge < -0.3 is 10.1 Å². The molecule has 3 aromatic heterocycles. The Morgan fingerprint density at radius 3 is 2.56 bits per heavy atom. The molecule has 0 saturated carbocycles. The van der Waals surface area contributed by atoms with Crippen molar-refractivity contribution in [2.24, 2.45) is 0 Å². The van der Waals surface area contributed by atoms with Crippen LogP contribution in [0, 0.1) is 0 Å². The zero-order valence-electron chi connectivity index (χ0n) is 16.6. The number of rotatable bonds is 6. The van der Waals surface area contributed by atoms with Crippen molar-refractivity contribution < 1.29 is 22.7 Å². The molecule has 4 rings (SSSR count). The van der Waals surface area contributed by atoms with Gasteiger partial charge in [0.1, 0.15) is 11.3 Å². The van der Waals surface area contributed by atoms with Crippen LogP contribution in [0.15, 0.2) is 48.9 Å². The molecule has 3 heterocycles. The lowest BCUT2D eigenvalue weighted by Crippen LogP contribution is -2.27. The molecular formula is C20H16ClF3N6O2. The van der Waals surface area contributed by atoms with Crippen molar-refractivity contribution in [3.8, 4) is 17.0 Å². The third kappa shape index (κ3) is 4.37. The second kappa shape index (κ2) is 8.50. The Morgan fingerprint density at radius 2 is 1.94 bits per heavy atom. The fourth-order valence-electron chi connectivity index (χ4n) is 3.07. The van der Waals surface area contributed by atoms with Crippen molar-refractivity contribution in [3.63, 3.8) is 0 Å². The molecule has 0 aliphatic rings. The molecular weight excluding hydrogens is 449 g/mol. The zero-order chi connectivity index (χ0) is 22.9. The summed E-state index contributed by atoms with van der Waals surface area (Å²) in [6, 6.07) is 7.29. The maximum atomic E-state index is 13.7. The van der Waals surface area contributed by atoms with Crippen molar-refractivity contribution in [1.29, 1.82) is 0 Å². The Hall–Kier alpha value is -3.60. The molecule has 32 heavy (non-hydrogen) atoms. The van der Waals surface area contributed by atoms with Crippen molar-refractivity contribution in [2.45, 2.75) is 12.7 Å². The number of nitrogens with one attached hydrogen (secondary N) is 1. The molecule has 0 atom stereocenters. The topological polar surface area (TPSA) is 86.3 Å². The average Bonchev–Trinajstić information content (AvgIpc) is 3.38. The minimum absolute atomic E-state index is 0.0493. The summed E-state index contributed by atoms with van der Waals surface area (Å²) in [5.41, 5.74) is -0.844. The molecule has 166 valence electrons. The fourth-order valence-corrected chi connectivity index (χ4v) is 3.23. The first-order valence-corrected chi connectivity index (χ1v) is 9.70. The van der Waals surface area contributed by atoms with E-state index in [-0.39, 0.29) is 23.4 Å². The normalized spacial score (nSPS) is 11.7. The number of carbonyl (C=O) groups is 1. The van der Waals surface area contributed by atoms with E-state index in [0.29, 0.717) is 27.4 Å². The number of ether oxygens (including phenoxy) is 1. The van der Waals surface area contributed by atoms with Crippen LogP contribution in [0.25, 0.3) is 16.9 Å². The van der Waals surface area contributed by atoms with Gasteiger partial charge in [0.2, 0.25) is 0 Å². The molecule has 8 nitrogen and oxygen atoms in total. The largest absolute Gasteiger partial charge is 0.497 e. The van der Waals surface area contributed by atoms with E-state index in [1.807, 2.05) is 0 Å². The Bertz CT molecular complexity index is 1270. The minimum atomic E-state index is -4.71. The van der Waals surface area contributed by atoms with E-state index in [2.05, 4.69) is 20.5 Å². The zero-order valence-corrected chi connectivity index (χ0v) is 17.4. The Kier molecular flexibility index (Phi) is 5.74. The highest BCUT2D eigenvalue weighted by Crippen LogP contribution is 2.33. The van der Waals surface area contributed by atoms with Gasteiger partial charge in [0.05, 0.1) is 36.8 Å². The molecule has 12 heteroatoms. The number of methoxy groups -OCH3 is 1. The lowest BCUT2D eigenvalue weighted by atomic mass is 10.1. The Balaban J connectivity index is 1.67. The first-order chi connectivity index (χ1) is 15.3. The molecule has 0 aliphatic carbocycles. The lowest BCUT2D eigenvalue weighted by Gasteiger charge is -2.12. The molecule has 4 aromatic rings. The third-order valence-electron chi connectivity index (χ3n) is 4.62. The van der Waals surface area contributed by atoms with Crippen LogP contribution < -0.4 is 10.1 Å². The molecule has 0 saturated heterocycles. The molecule has 0 radical (unpaired) electrons. The van der Waals surface area contributed by atoms with Gasteiger partial charge in [-0.2, -0.15) is 23.4 Å². The minimum Gasteiger partial charge on any atom is -0.497 e. The average molecular weight is 465 g/mol. The summed E-state index contributed by atoms with van der Waals surface area (Å²) in [4.78, 5) is 16.9. The van der Waals surface area contributed by atoms with Crippen LogP contribution in [-0.4, -0.2) is 43.9 Å². The van der Waals surface area contributed by atoms with Gasteiger partial charge in [0.15, 0.2) is 11.3 Å². The summed E-state index contributed by atoms with van der Waals surface area (Å²) in [6.45, 7) is 0.508. The summed E-state index contributed by atoms with van der Waals surface area (Å²) < 4.78 is 48.3. The predicted molar refractivity (Wildman–Crippen MR) is 110 cm³/mol. The van der Waals surface area contributed by atoms with E-state index in [1.54, 1.807) is 30.5 Å². The van der Waals surface area contributed by atoms with Gasteiger partial charge in [-0.1, -0.05) is 11.6 Å². The SMILES string of the molecule is COc1ccc(-c2cc(C(F)(F)F)n3ncc(C(=O)NCCn4cc(Cl)cn4)c3n2)cc1. The highest BCUT2D eigenvalue weighted by Gasteiger charge is 2.36. The van der Waals surface area contributed by atoms with Crippen LogP contribution in [0.1, 0.15) is 16.1 Å². The number of hydrogen-bond donors (Lipinski definition) is 1. The number of fused-ring (bicyclic) bond motifs is 1. The second-order valence-corrected chi connectivity index (χ2v) is 7.16. The van der Waals surface area contributed by atoms with Crippen LogP contribution in [0.5, 0.6) is 5.75 Å². The van der Waals surface area contributed by atoms with Gasteiger partial charge >= 0.3 is 6.18 Å². The standard InChI is InChI=1S/C20H16ClF3N6O2/c1-32-14-4-2-12(3-5-14)16-8-17(20(22,23)24)30-18(28-16)15(10-27-30)19(31)25-6-7-29-11-13(21)9-26-29/h2-5,8-11H,6-7H2,1H3,(H,25,31). The van der Waals surface area contributed by atoms with E-state index >= 15 is 0 Å². The van der Waals surface area contributed by atoms with Gasteiger partial charge in [-0.15, -0.1) is 0 Å². The molecule has 0 bridgehead atoms. The van der Waals surface area contributed by atoms with E-state index in [4.69, 9.17) is 16.3 Å². The van der Waals surface area contributed by atoms with Gasteiger partial charge in [-0.05, 0) is 30.3 Å². The third-order valence-corrected chi connectivity index (χ3v) is 4.82. The van der Waals surface area contributed by atoms with Crippen LogP contribution >= 0.6 is 11.6 Å². The van der Waals surface area contributed by atoms with E-state index in [1.165, 1.54) is 18.0 Å². The molecule has 0 spiro atoms. The monoisotopic (exact) mass is 464 g/mol. The predicted octanol–water partition coefficient (Wildman–Crippen LogP) is 3.70. The number of aromatic nitrogens is 5. The molecule has 0 unspecified atom stereocenters. The summed E-state index contributed by atoms with van der Waals surface area (Å²) in [6.07, 6.45) is -0.601.